The predicted molar refractivity (Wildman–Crippen MR) is 74.4 cm³/mol. The van der Waals surface area contributed by atoms with Gasteiger partial charge < -0.3 is 16.8 Å². The summed E-state index contributed by atoms with van der Waals surface area (Å²) in [4.78, 5) is 12.0. The molecule has 2 rings (SSSR count). The number of aryl methyl sites for hydroxylation is 1. The number of anilines is 3. The van der Waals surface area contributed by atoms with Gasteiger partial charge in [0.1, 0.15) is 0 Å². The molecule has 2 aromatic rings. The van der Waals surface area contributed by atoms with Crippen LogP contribution in [0.5, 0.6) is 0 Å². The fourth-order valence-electron chi connectivity index (χ4n) is 1.70. The number of nitrogens with two attached hydrogens (primary N) is 2. The van der Waals surface area contributed by atoms with E-state index in [1.165, 1.54) is 0 Å². The molecule has 4 heteroatoms. The van der Waals surface area contributed by atoms with Gasteiger partial charge in [0.05, 0.1) is 0 Å². The van der Waals surface area contributed by atoms with Crippen molar-refractivity contribution in [1.82, 2.24) is 0 Å². The van der Waals surface area contributed by atoms with Gasteiger partial charge in [0.2, 0.25) is 0 Å². The zero-order valence-corrected chi connectivity index (χ0v) is 10.1. The van der Waals surface area contributed by atoms with Gasteiger partial charge in [-0.25, -0.2) is 0 Å². The number of amides is 1. The number of carbonyl (C=O) groups excluding carboxylic acids is 1. The summed E-state index contributed by atoms with van der Waals surface area (Å²) in [7, 11) is 0. The van der Waals surface area contributed by atoms with Gasteiger partial charge in [0.25, 0.3) is 5.91 Å². The predicted octanol–water partition coefficient (Wildman–Crippen LogP) is 2.41. The van der Waals surface area contributed by atoms with Crippen molar-refractivity contribution >= 4 is 23.0 Å². The Kier molecular flexibility index (Phi) is 3.19. The van der Waals surface area contributed by atoms with Gasteiger partial charge >= 0.3 is 0 Å². The van der Waals surface area contributed by atoms with Gasteiger partial charge in [-0.05, 0) is 48.9 Å². The van der Waals surface area contributed by atoms with Crippen LogP contribution in [0.2, 0.25) is 0 Å². The Morgan fingerprint density at radius 1 is 1.06 bits per heavy atom. The summed E-state index contributed by atoms with van der Waals surface area (Å²) in [5, 5.41) is 2.83. The van der Waals surface area contributed by atoms with Gasteiger partial charge in [0.15, 0.2) is 0 Å². The van der Waals surface area contributed by atoms with Gasteiger partial charge in [-0.3, -0.25) is 4.79 Å². The molecule has 0 fully saturated rings. The van der Waals surface area contributed by atoms with Crippen LogP contribution >= 0.6 is 0 Å². The third-order valence-corrected chi connectivity index (χ3v) is 2.65. The molecule has 1 amide bonds. The summed E-state index contributed by atoms with van der Waals surface area (Å²) in [6.07, 6.45) is 0. The number of rotatable bonds is 2. The number of hydrogen-bond donors (Lipinski definition) is 3. The zero-order valence-electron chi connectivity index (χ0n) is 10.1. The zero-order chi connectivity index (χ0) is 13.1. The number of nitrogen functional groups attached to an aromatic ring is 2. The Morgan fingerprint density at radius 3 is 2.44 bits per heavy atom. The first kappa shape index (κ1) is 12.0. The van der Waals surface area contributed by atoms with Crippen LogP contribution < -0.4 is 16.8 Å². The Labute approximate surface area is 106 Å². The lowest BCUT2D eigenvalue weighted by Crippen LogP contribution is -2.13. The molecule has 0 saturated carbocycles. The average molecular weight is 241 g/mol. The Hall–Kier alpha value is -2.49. The van der Waals surface area contributed by atoms with Crippen molar-refractivity contribution in [3.8, 4) is 0 Å². The van der Waals surface area contributed by atoms with Crippen LogP contribution in [0.4, 0.5) is 17.1 Å². The van der Waals surface area contributed by atoms with E-state index in [9.17, 15) is 4.79 Å². The Balaban J connectivity index is 2.21. The monoisotopic (exact) mass is 241 g/mol. The molecule has 0 aliphatic rings. The van der Waals surface area contributed by atoms with E-state index in [1.54, 1.807) is 36.4 Å². The quantitative estimate of drug-likeness (QED) is 0.706. The van der Waals surface area contributed by atoms with E-state index in [2.05, 4.69) is 5.32 Å². The highest BCUT2D eigenvalue weighted by Crippen LogP contribution is 2.18. The normalized spacial score (nSPS) is 10.1. The minimum absolute atomic E-state index is 0.185. The molecule has 0 aliphatic carbocycles. The molecule has 18 heavy (non-hydrogen) atoms. The summed E-state index contributed by atoms with van der Waals surface area (Å²) < 4.78 is 0. The molecule has 0 spiro atoms. The summed E-state index contributed by atoms with van der Waals surface area (Å²) in [5.74, 6) is -0.185. The molecule has 0 unspecified atom stereocenters. The maximum Gasteiger partial charge on any atom is 0.255 e. The molecular weight excluding hydrogens is 226 g/mol. The molecule has 0 bridgehead atoms. The highest BCUT2D eigenvalue weighted by molar-refractivity contribution is 6.05. The first-order chi connectivity index (χ1) is 8.56. The summed E-state index contributed by atoms with van der Waals surface area (Å²) >= 11 is 0. The Bertz CT molecular complexity index is 593. The minimum Gasteiger partial charge on any atom is -0.399 e. The average Bonchev–Trinajstić information content (AvgIpc) is 2.32. The van der Waals surface area contributed by atoms with Crippen molar-refractivity contribution in [1.29, 1.82) is 0 Å². The third-order valence-electron chi connectivity index (χ3n) is 2.65. The second kappa shape index (κ2) is 4.79. The minimum atomic E-state index is -0.185. The maximum absolute atomic E-state index is 12.0. The molecule has 92 valence electrons. The third kappa shape index (κ3) is 2.60. The highest BCUT2D eigenvalue weighted by Gasteiger charge is 2.07. The van der Waals surface area contributed by atoms with E-state index in [0.717, 1.165) is 11.3 Å². The fraction of sp³-hybridized carbons (Fsp3) is 0.0714. The van der Waals surface area contributed by atoms with Crippen LogP contribution in [-0.4, -0.2) is 5.91 Å². The SMILES string of the molecule is Cc1cc(N)ccc1NC(=O)c1cccc(N)c1. The lowest BCUT2D eigenvalue weighted by molar-refractivity contribution is 0.102. The van der Waals surface area contributed by atoms with Gasteiger partial charge in [-0.2, -0.15) is 0 Å². The molecule has 0 radical (unpaired) electrons. The van der Waals surface area contributed by atoms with Crippen molar-refractivity contribution in [3.63, 3.8) is 0 Å². The molecule has 2 aromatic carbocycles. The topological polar surface area (TPSA) is 81.1 Å². The molecule has 0 aromatic heterocycles. The molecular formula is C14H15N3O. The van der Waals surface area contributed by atoms with Crippen LogP contribution in [0.3, 0.4) is 0 Å². The van der Waals surface area contributed by atoms with Crippen molar-refractivity contribution in [2.45, 2.75) is 6.92 Å². The smallest absolute Gasteiger partial charge is 0.255 e. The lowest BCUT2D eigenvalue weighted by atomic mass is 10.1. The van der Waals surface area contributed by atoms with E-state index in [1.807, 2.05) is 13.0 Å². The summed E-state index contributed by atoms with van der Waals surface area (Å²) in [6, 6.07) is 12.2. The first-order valence-electron chi connectivity index (χ1n) is 5.59. The van der Waals surface area contributed by atoms with E-state index in [-0.39, 0.29) is 5.91 Å². The van der Waals surface area contributed by atoms with Crippen molar-refractivity contribution in [2.75, 3.05) is 16.8 Å². The number of nitrogens with one attached hydrogen (secondary N) is 1. The first-order valence-corrected chi connectivity index (χ1v) is 5.59. The van der Waals surface area contributed by atoms with Gasteiger partial charge in [-0.1, -0.05) is 6.07 Å². The second-order valence-corrected chi connectivity index (χ2v) is 4.15. The van der Waals surface area contributed by atoms with Gasteiger partial charge in [-0.15, -0.1) is 0 Å². The van der Waals surface area contributed by atoms with Crippen LogP contribution in [0.25, 0.3) is 0 Å². The molecule has 0 heterocycles. The van der Waals surface area contributed by atoms with Gasteiger partial charge in [0, 0.05) is 22.6 Å². The number of hydrogen-bond acceptors (Lipinski definition) is 3. The van der Waals surface area contributed by atoms with Crippen molar-refractivity contribution in [2.24, 2.45) is 0 Å². The standard InChI is InChI=1S/C14H15N3O/c1-9-7-12(16)5-6-13(9)17-14(18)10-3-2-4-11(15)8-10/h2-8H,15-16H2,1H3,(H,17,18). The second-order valence-electron chi connectivity index (χ2n) is 4.15. The Morgan fingerprint density at radius 2 is 1.78 bits per heavy atom. The molecule has 0 saturated heterocycles. The maximum atomic E-state index is 12.0. The van der Waals surface area contributed by atoms with Crippen molar-refractivity contribution < 1.29 is 4.79 Å². The fourth-order valence-corrected chi connectivity index (χ4v) is 1.70. The lowest BCUT2D eigenvalue weighted by Gasteiger charge is -2.09. The van der Waals surface area contributed by atoms with E-state index >= 15 is 0 Å². The van der Waals surface area contributed by atoms with Crippen LogP contribution in [0, 0.1) is 6.92 Å². The van der Waals surface area contributed by atoms with Crippen molar-refractivity contribution in [3.05, 3.63) is 53.6 Å². The molecule has 5 N–H and O–H groups in total. The highest BCUT2D eigenvalue weighted by atomic mass is 16.1. The van der Waals surface area contributed by atoms with E-state index in [4.69, 9.17) is 11.5 Å². The van der Waals surface area contributed by atoms with Crippen LogP contribution in [0.1, 0.15) is 15.9 Å². The number of carbonyl (C=O) groups is 1. The summed E-state index contributed by atoms with van der Waals surface area (Å²) in [6.45, 7) is 1.89. The van der Waals surface area contributed by atoms with Crippen LogP contribution in [-0.2, 0) is 0 Å². The van der Waals surface area contributed by atoms with E-state index in [0.29, 0.717) is 16.9 Å². The molecule has 0 aliphatic heterocycles. The number of benzene rings is 2. The van der Waals surface area contributed by atoms with Crippen LogP contribution in [0.15, 0.2) is 42.5 Å². The summed E-state index contributed by atoms with van der Waals surface area (Å²) in [5.41, 5.74) is 14.7. The largest absolute Gasteiger partial charge is 0.399 e. The molecule has 0 atom stereocenters. The molecule has 4 nitrogen and oxygen atoms in total. The van der Waals surface area contributed by atoms with E-state index < -0.39 is 0 Å².